The number of hydrogen-bond acceptors (Lipinski definition) is 6. The Labute approximate surface area is 138 Å². The second kappa shape index (κ2) is 6.51. The van der Waals surface area contributed by atoms with E-state index in [1.165, 1.54) is 28.8 Å². The minimum atomic E-state index is -3.71. The van der Waals surface area contributed by atoms with Crippen LogP contribution in [0, 0.1) is 17.1 Å². The first kappa shape index (κ1) is 16.3. The van der Waals surface area contributed by atoms with E-state index in [0.29, 0.717) is 6.42 Å². The van der Waals surface area contributed by atoms with Gasteiger partial charge in [0.2, 0.25) is 15.7 Å². The van der Waals surface area contributed by atoms with Crippen LogP contribution in [0.2, 0.25) is 0 Å². The van der Waals surface area contributed by atoms with Gasteiger partial charge in [0, 0.05) is 18.9 Å². The van der Waals surface area contributed by atoms with E-state index in [1.807, 2.05) is 6.07 Å². The monoisotopic (exact) mass is 348 g/mol. The van der Waals surface area contributed by atoms with Gasteiger partial charge in [0.15, 0.2) is 0 Å². The molecule has 0 radical (unpaired) electrons. The number of ether oxygens (including phenoxy) is 1. The van der Waals surface area contributed by atoms with E-state index in [9.17, 15) is 12.8 Å². The first-order chi connectivity index (χ1) is 11.5. The maximum Gasteiger partial charge on any atom is 0.251 e. The van der Waals surface area contributed by atoms with Gasteiger partial charge in [0.05, 0.1) is 11.4 Å². The summed E-state index contributed by atoms with van der Waals surface area (Å²) in [5.74, 6) is -0.408. The molecule has 1 aliphatic heterocycles. The summed E-state index contributed by atoms with van der Waals surface area (Å²) in [5, 5.41) is 8.98. The second-order valence-electron chi connectivity index (χ2n) is 5.17. The smallest absolute Gasteiger partial charge is 0.251 e. The highest BCUT2D eigenvalue weighted by Crippen LogP contribution is 2.24. The van der Waals surface area contributed by atoms with Crippen molar-refractivity contribution in [3.63, 3.8) is 0 Å². The molecular weight excluding hydrogens is 335 g/mol. The van der Waals surface area contributed by atoms with Crippen LogP contribution in [0.15, 0.2) is 41.6 Å². The van der Waals surface area contributed by atoms with Gasteiger partial charge in [0.1, 0.15) is 18.0 Å². The van der Waals surface area contributed by atoms with Crippen molar-refractivity contribution in [3.8, 4) is 11.9 Å². The quantitative estimate of drug-likeness (QED) is 0.827. The van der Waals surface area contributed by atoms with Crippen molar-refractivity contribution in [2.75, 3.05) is 13.1 Å². The predicted octanol–water partition coefficient (Wildman–Crippen LogP) is 1.33. The molecule has 0 unspecified atom stereocenters. The van der Waals surface area contributed by atoms with E-state index in [0.717, 1.165) is 12.1 Å². The van der Waals surface area contributed by atoms with Crippen LogP contribution in [-0.2, 0) is 10.0 Å². The largest absolute Gasteiger partial charge is 0.471 e. The molecule has 2 heterocycles. The lowest BCUT2D eigenvalue weighted by atomic mass is 10.3. The molecule has 0 N–H and O–H groups in total. The lowest BCUT2D eigenvalue weighted by Gasteiger charge is -2.17. The van der Waals surface area contributed by atoms with Crippen molar-refractivity contribution in [3.05, 3.63) is 48.2 Å². The van der Waals surface area contributed by atoms with E-state index in [2.05, 4.69) is 9.97 Å². The van der Waals surface area contributed by atoms with Crippen LogP contribution in [0.25, 0.3) is 0 Å². The Morgan fingerprint density at radius 3 is 2.67 bits per heavy atom. The highest BCUT2D eigenvalue weighted by atomic mass is 32.2. The lowest BCUT2D eigenvalue weighted by molar-refractivity contribution is 0.205. The summed E-state index contributed by atoms with van der Waals surface area (Å²) in [6.45, 7) is 0.397. The third-order valence-electron chi connectivity index (χ3n) is 3.61. The highest BCUT2D eigenvalue weighted by Gasteiger charge is 2.34. The molecule has 1 aliphatic rings. The molecular formula is C15H13FN4O3S. The molecule has 0 bridgehead atoms. The molecule has 1 atom stereocenters. The summed E-state index contributed by atoms with van der Waals surface area (Å²) in [4.78, 5) is 7.83. The number of nitrogens with zero attached hydrogens (tertiary/aromatic N) is 4. The van der Waals surface area contributed by atoms with Crippen molar-refractivity contribution >= 4 is 10.0 Å². The fourth-order valence-electron chi connectivity index (χ4n) is 2.41. The summed E-state index contributed by atoms with van der Waals surface area (Å²) in [6, 6.07) is 6.55. The minimum Gasteiger partial charge on any atom is -0.471 e. The van der Waals surface area contributed by atoms with Crippen LogP contribution in [0.3, 0.4) is 0 Å². The average Bonchev–Trinajstić information content (AvgIpc) is 3.05. The number of halogens is 1. The fraction of sp³-hybridized carbons (Fsp3) is 0.267. The van der Waals surface area contributed by atoms with Crippen molar-refractivity contribution in [1.29, 1.82) is 5.26 Å². The van der Waals surface area contributed by atoms with Gasteiger partial charge in [-0.3, -0.25) is 0 Å². The van der Waals surface area contributed by atoms with Gasteiger partial charge in [-0.25, -0.2) is 22.8 Å². The Balaban J connectivity index is 1.73. The molecule has 1 fully saturated rings. The molecule has 7 nitrogen and oxygen atoms in total. The zero-order chi connectivity index (χ0) is 17.2. The van der Waals surface area contributed by atoms with Gasteiger partial charge in [-0.1, -0.05) is 0 Å². The van der Waals surface area contributed by atoms with Gasteiger partial charge in [-0.2, -0.15) is 9.57 Å². The zero-order valence-electron chi connectivity index (χ0n) is 12.5. The Morgan fingerprint density at radius 1 is 1.25 bits per heavy atom. The molecule has 24 heavy (non-hydrogen) atoms. The normalized spacial score (nSPS) is 18.2. The molecule has 0 amide bonds. The first-order valence-electron chi connectivity index (χ1n) is 7.14. The Kier molecular flexibility index (Phi) is 4.42. The number of sulfonamides is 1. The average molecular weight is 348 g/mol. The predicted molar refractivity (Wildman–Crippen MR) is 80.9 cm³/mol. The summed E-state index contributed by atoms with van der Waals surface area (Å²) in [5.41, 5.74) is 0.0531. The molecule has 0 saturated carbocycles. The minimum absolute atomic E-state index is 0.0294. The molecule has 1 aromatic carbocycles. The van der Waals surface area contributed by atoms with E-state index in [4.69, 9.17) is 10.00 Å². The Hall–Kier alpha value is -2.57. The van der Waals surface area contributed by atoms with Crippen LogP contribution < -0.4 is 4.74 Å². The lowest BCUT2D eigenvalue weighted by Crippen LogP contribution is -2.31. The van der Waals surface area contributed by atoms with Crippen molar-refractivity contribution in [2.24, 2.45) is 0 Å². The molecule has 1 aromatic heterocycles. The maximum atomic E-state index is 13.0. The summed E-state index contributed by atoms with van der Waals surface area (Å²) in [7, 11) is -3.71. The molecule has 9 heteroatoms. The van der Waals surface area contributed by atoms with E-state index in [1.54, 1.807) is 0 Å². The zero-order valence-corrected chi connectivity index (χ0v) is 13.3. The van der Waals surface area contributed by atoms with Crippen molar-refractivity contribution in [2.45, 2.75) is 17.4 Å². The van der Waals surface area contributed by atoms with E-state index >= 15 is 0 Å². The van der Waals surface area contributed by atoms with Gasteiger partial charge >= 0.3 is 0 Å². The summed E-state index contributed by atoms with van der Waals surface area (Å²) in [6.07, 6.45) is 2.81. The Morgan fingerprint density at radius 2 is 1.96 bits per heavy atom. The second-order valence-corrected chi connectivity index (χ2v) is 7.11. The number of benzene rings is 1. The van der Waals surface area contributed by atoms with E-state index in [-0.39, 0.29) is 29.6 Å². The summed E-state index contributed by atoms with van der Waals surface area (Å²) >= 11 is 0. The van der Waals surface area contributed by atoms with Gasteiger partial charge in [-0.05, 0) is 30.7 Å². The highest BCUT2D eigenvalue weighted by molar-refractivity contribution is 7.89. The fourth-order valence-corrected chi connectivity index (χ4v) is 3.90. The van der Waals surface area contributed by atoms with Crippen molar-refractivity contribution in [1.82, 2.24) is 14.3 Å². The Bertz CT molecular complexity index is 880. The number of nitriles is 1. The SMILES string of the molecule is N#Cc1nccnc1O[C@@H]1CCN(S(=O)(=O)c2ccc(F)cc2)C1. The molecule has 124 valence electrons. The third kappa shape index (κ3) is 3.20. The molecule has 2 aromatic rings. The number of rotatable bonds is 4. The third-order valence-corrected chi connectivity index (χ3v) is 5.49. The topological polar surface area (TPSA) is 96.2 Å². The van der Waals surface area contributed by atoms with Gasteiger partial charge in [0.25, 0.3) is 5.88 Å². The van der Waals surface area contributed by atoms with Crippen LogP contribution in [-0.4, -0.2) is 41.9 Å². The van der Waals surface area contributed by atoms with Crippen LogP contribution >= 0.6 is 0 Å². The number of aromatic nitrogens is 2. The first-order valence-corrected chi connectivity index (χ1v) is 8.58. The molecule has 0 spiro atoms. The van der Waals surface area contributed by atoms with Crippen LogP contribution in [0.5, 0.6) is 5.88 Å². The molecule has 1 saturated heterocycles. The summed E-state index contributed by atoms with van der Waals surface area (Å²) < 4.78 is 44.9. The van der Waals surface area contributed by atoms with Crippen LogP contribution in [0.4, 0.5) is 4.39 Å². The maximum absolute atomic E-state index is 13.0. The van der Waals surface area contributed by atoms with E-state index < -0.39 is 21.9 Å². The van der Waals surface area contributed by atoms with Crippen molar-refractivity contribution < 1.29 is 17.5 Å². The number of hydrogen-bond donors (Lipinski definition) is 0. The molecule has 3 rings (SSSR count). The van der Waals surface area contributed by atoms with Crippen LogP contribution in [0.1, 0.15) is 12.1 Å². The van der Waals surface area contributed by atoms with Gasteiger partial charge in [-0.15, -0.1) is 0 Å². The van der Waals surface area contributed by atoms with Gasteiger partial charge < -0.3 is 4.74 Å². The molecule has 0 aliphatic carbocycles. The standard InChI is InChI=1S/C15H13FN4O3S/c16-11-1-3-13(4-2-11)24(21,22)20-8-5-12(10-20)23-15-14(9-17)18-6-7-19-15/h1-4,6-7,12H,5,8,10H2/t12-/m1/s1.